The van der Waals surface area contributed by atoms with E-state index in [4.69, 9.17) is 4.43 Å². The molecule has 1 nitrogen and oxygen atoms in total. The van der Waals surface area contributed by atoms with Crippen molar-refractivity contribution in [2.24, 2.45) is 0 Å². The quantitative estimate of drug-likeness (QED) is 0.220. The van der Waals surface area contributed by atoms with Gasteiger partial charge in [-0.25, -0.2) is 0 Å². The minimum absolute atomic E-state index is 1.29. The lowest BCUT2D eigenvalue weighted by Gasteiger charge is -2.26. The van der Waals surface area contributed by atoms with E-state index >= 15 is 0 Å². The minimum Gasteiger partial charge on any atom is -0.416 e. The van der Waals surface area contributed by atoms with Gasteiger partial charge in [0.1, 0.15) is 0 Å². The van der Waals surface area contributed by atoms with E-state index in [1.54, 1.807) is 0 Å². The summed E-state index contributed by atoms with van der Waals surface area (Å²) in [4.78, 5) is 0. The van der Waals surface area contributed by atoms with Gasteiger partial charge in [0.2, 0.25) is 8.32 Å². The highest BCUT2D eigenvalue weighted by molar-refractivity contribution is 6.78. The van der Waals surface area contributed by atoms with E-state index < -0.39 is 8.32 Å². The molecule has 21 heavy (non-hydrogen) atoms. The molecule has 0 amide bonds. The summed E-state index contributed by atoms with van der Waals surface area (Å²) in [6, 6.07) is 2.57. The van der Waals surface area contributed by atoms with E-state index in [9.17, 15) is 0 Å². The van der Waals surface area contributed by atoms with Gasteiger partial charge in [0.15, 0.2) is 0 Å². The Bertz CT molecular complexity index is 212. The molecule has 0 aromatic heterocycles. The van der Waals surface area contributed by atoms with Crippen LogP contribution < -0.4 is 0 Å². The maximum atomic E-state index is 5.96. The highest BCUT2D eigenvalue weighted by atomic mass is 28.4. The molecule has 0 aromatic carbocycles. The molecule has 0 unspecified atom stereocenters. The average Bonchev–Trinajstić information content (AvgIpc) is 2.52. The van der Waals surface area contributed by atoms with Gasteiger partial charge in [-0.3, -0.25) is 0 Å². The monoisotopic (exact) mass is 312 g/mol. The van der Waals surface area contributed by atoms with Crippen molar-refractivity contribution in [3.63, 3.8) is 0 Å². The fraction of sp³-hybridized carbons (Fsp3) is 0.895. The molecule has 0 heterocycles. The molecule has 0 atom stereocenters. The Hall–Kier alpha value is -0.0831. The molecule has 0 N–H and O–H groups in total. The second kappa shape index (κ2) is 14.8. The molecule has 0 aliphatic carbocycles. The molecule has 0 aliphatic heterocycles. The zero-order valence-corrected chi connectivity index (χ0v) is 16.1. The molecule has 0 saturated carbocycles. The summed E-state index contributed by atoms with van der Waals surface area (Å²) in [6.45, 7) is 8.66. The van der Waals surface area contributed by atoms with Gasteiger partial charge in [-0.1, -0.05) is 96.6 Å². The molecule has 0 bridgehead atoms. The van der Waals surface area contributed by atoms with E-state index in [0.29, 0.717) is 0 Å². The maximum Gasteiger partial charge on any atom is 0.216 e. The largest absolute Gasteiger partial charge is 0.416 e. The van der Waals surface area contributed by atoms with Crippen LogP contribution in [0.15, 0.2) is 12.3 Å². The second-order valence-electron chi connectivity index (χ2n) is 6.51. The number of rotatable bonds is 16. The summed E-state index contributed by atoms with van der Waals surface area (Å²) < 4.78 is 5.96. The zero-order valence-electron chi connectivity index (χ0n) is 15.1. The van der Waals surface area contributed by atoms with Gasteiger partial charge in [-0.15, -0.1) is 6.58 Å². The van der Waals surface area contributed by atoms with Crippen molar-refractivity contribution in [1.82, 2.24) is 0 Å². The summed E-state index contributed by atoms with van der Waals surface area (Å²) in [5.74, 6) is 0. The van der Waals surface area contributed by atoms with E-state index in [2.05, 4.69) is 26.1 Å². The Kier molecular flexibility index (Phi) is 14.8. The van der Waals surface area contributed by atoms with Crippen LogP contribution in [-0.4, -0.2) is 15.4 Å². The van der Waals surface area contributed by atoms with Crippen molar-refractivity contribution in [1.29, 1.82) is 0 Å². The average molecular weight is 313 g/mol. The molecule has 0 radical (unpaired) electrons. The number of unbranched alkanes of at least 4 members (excludes halogenated alkanes) is 10. The van der Waals surface area contributed by atoms with E-state index in [1.807, 2.05) is 7.11 Å². The summed E-state index contributed by atoms with van der Waals surface area (Å²) >= 11 is 0. The van der Waals surface area contributed by atoms with Gasteiger partial charge < -0.3 is 4.43 Å². The SMILES string of the molecule is C=C[Si](CCCCCCCC)(CCCCCCCC)OC. The Morgan fingerprint density at radius 2 is 1.10 bits per heavy atom. The fourth-order valence-corrected chi connectivity index (χ4v) is 5.96. The molecule has 0 spiro atoms. The topological polar surface area (TPSA) is 9.23 Å². The first kappa shape index (κ1) is 20.9. The summed E-state index contributed by atoms with van der Waals surface area (Å²) in [5, 5.41) is 0. The third-order valence-electron chi connectivity index (χ3n) is 4.69. The molecule has 0 saturated heterocycles. The smallest absolute Gasteiger partial charge is 0.216 e. The second-order valence-corrected chi connectivity index (χ2v) is 10.5. The summed E-state index contributed by atoms with van der Waals surface area (Å²) in [7, 11) is 0.302. The first-order valence-corrected chi connectivity index (χ1v) is 11.8. The first-order chi connectivity index (χ1) is 10.2. The Morgan fingerprint density at radius 1 is 0.714 bits per heavy atom. The van der Waals surface area contributed by atoms with Gasteiger partial charge in [0.25, 0.3) is 0 Å². The van der Waals surface area contributed by atoms with Crippen molar-refractivity contribution in [2.75, 3.05) is 7.11 Å². The van der Waals surface area contributed by atoms with Crippen LogP contribution in [0.2, 0.25) is 12.1 Å². The van der Waals surface area contributed by atoms with Crippen LogP contribution in [0.4, 0.5) is 0 Å². The van der Waals surface area contributed by atoms with Gasteiger partial charge >= 0.3 is 0 Å². The lowest BCUT2D eigenvalue weighted by atomic mass is 10.1. The number of hydrogen-bond donors (Lipinski definition) is 0. The predicted octanol–water partition coefficient (Wildman–Crippen LogP) is 7.02. The standard InChI is InChI=1S/C19H40OSi/c1-5-8-10-12-14-16-18-21(7-3,20-4)19-17-15-13-11-9-6-2/h7H,3,5-6,8-19H2,1-2,4H3. The van der Waals surface area contributed by atoms with Crippen LogP contribution in [0.5, 0.6) is 0 Å². The van der Waals surface area contributed by atoms with Crippen LogP contribution in [-0.2, 0) is 4.43 Å². The molecule has 126 valence electrons. The Morgan fingerprint density at radius 3 is 1.43 bits per heavy atom. The fourth-order valence-electron chi connectivity index (χ4n) is 3.03. The number of hydrogen-bond acceptors (Lipinski definition) is 1. The Labute approximate surface area is 135 Å². The van der Waals surface area contributed by atoms with Crippen molar-refractivity contribution in [2.45, 2.75) is 103 Å². The van der Waals surface area contributed by atoms with Gasteiger partial charge in [-0.2, -0.15) is 0 Å². The molecule has 2 heteroatoms. The molecule has 0 fully saturated rings. The highest BCUT2D eigenvalue weighted by Crippen LogP contribution is 2.25. The van der Waals surface area contributed by atoms with Crippen LogP contribution in [0.3, 0.4) is 0 Å². The highest BCUT2D eigenvalue weighted by Gasteiger charge is 2.28. The first-order valence-electron chi connectivity index (χ1n) is 9.43. The molecule has 0 aliphatic rings. The molecule has 0 rings (SSSR count). The van der Waals surface area contributed by atoms with Crippen molar-refractivity contribution in [3.05, 3.63) is 12.3 Å². The predicted molar refractivity (Wildman–Crippen MR) is 99.3 cm³/mol. The Balaban J connectivity index is 3.81. The maximum absolute atomic E-state index is 5.96. The van der Waals surface area contributed by atoms with Crippen LogP contribution in [0, 0.1) is 0 Å². The van der Waals surface area contributed by atoms with E-state index in [0.717, 1.165) is 0 Å². The van der Waals surface area contributed by atoms with E-state index in [1.165, 1.54) is 89.1 Å². The molecule has 0 aromatic rings. The third kappa shape index (κ3) is 11.2. The van der Waals surface area contributed by atoms with Crippen LogP contribution in [0.25, 0.3) is 0 Å². The van der Waals surface area contributed by atoms with Crippen molar-refractivity contribution < 1.29 is 4.43 Å². The summed E-state index contributed by atoms with van der Waals surface area (Å²) in [6.07, 6.45) is 16.5. The zero-order chi connectivity index (χ0) is 15.8. The van der Waals surface area contributed by atoms with E-state index in [-0.39, 0.29) is 0 Å². The normalized spacial score (nSPS) is 11.8. The van der Waals surface area contributed by atoms with Crippen LogP contribution in [0.1, 0.15) is 90.9 Å². The van der Waals surface area contributed by atoms with Crippen molar-refractivity contribution in [3.8, 4) is 0 Å². The lowest BCUT2D eigenvalue weighted by Crippen LogP contribution is -2.34. The van der Waals surface area contributed by atoms with Gasteiger partial charge in [0, 0.05) is 7.11 Å². The van der Waals surface area contributed by atoms with Crippen LogP contribution >= 0.6 is 0 Å². The molecular weight excluding hydrogens is 272 g/mol. The third-order valence-corrected chi connectivity index (χ3v) is 8.64. The van der Waals surface area contributed by atoms with Gasteiger partial charge in [0.05, 0.1) is 0 Å². The van der Waals surface area contributed by atoms with Gasteiger partial charge in [-0.05, 0) is 12.1 Å². The minimum atomic E-state index is -1.62. The van der Waals surface area contributed by atoms with Crippen molar-refractivity contribution >= 4 is 8.32 Å². The lowest BCUT2D eigenvalue weighted by molar-refractivity contribution is 0.395. The summed E-state index contributed by atoms with van der Waals surface area (Å²) in [5.41, 5.74) is 2.20. The molecular formula is C19H40OSi.